The first kappa shape index (κ1) is 11.0. The average Bonchev–Trinajstić information content (AvgIpc) is 2.70. The lowest BCUT2D eigenvalue weighted by Gasteiger charge is -2.02. The van der Waals surface area contributed by atoms with Crippen LogP contribution in [0.25, 0.3) is 10.4 Å². The summed E-state index contributed by atoms with van der Waals surface area (Å²) < 4.78 is 0. The van der Waals surface area contributed by atoms with Crippen molar-refractivity contribution in [3.8, 4) is 10.4 Å². The predicted molar refractivity (Wildman–Crippen MR) is 69.2 cm³/mol. The Morgan fingerprint density at radius 1 is 1.13 bits per heavy atom. The van der Waals surface area contributed by atoms with Crippen molar-refractivity contribution in [2.45, 2.75) is 13.3 Å². The van der Waals surface area contributed by atoms with E-state index in [1.807, 2.05) is 18.2 Å². The van der Waals surface area contributed by atoms with Crippen molar-refractivity contribution in [2.75, 3.05) is 0 Å². The molecule has 0 spiro atoms. The summed E-state index contributed by atoms with van der Waals surface area (Å²) in [4.78, 5) is 2.54. The molecule has 1 aromatic carbocycles. The summed E-state index contributed by atoms with van der Waals surface area (Å²) in [7, 11) is 0. The molecule has 15 heavy (non-hydrogen) atoms. The van der Waals surface area contributed by atoms with Gasteiger partial charge < -0.3 is 0 Å². The molecule has 0 nitrogen and oxygen atoms in total. The van der Waals surface area contributed by atoms with Crippen molar-refractivity contribution in [3.05, 3.63) is 45.3 Å². The van der Waals surface area contributed by atoms with Crippen LogP contribution < -0.4 is 0 Å². The normalized spacial score (nSPS) is 10.6. The Bertz CT molecular complexity index is 474. The topological polar surface area (TPSA) is 0 Å². The standard InChI is InChI=1S/C12H10Cl2S/c1-2-8-6-7-11(15-8)9-4-3-5-10(13)12(9)14/h3-7H,2H2,1H3. The van der Waals surface area contributed by atoms with Crippen LogP contribution in [0.2, 0.25) is 10.0 Å². The molecule has 0 fully saturated rings. The largest absolute Gasteiger partial charge is 0.140 e. The first-order chi connectivity index (χ1) is 7.22. The van der Waals surface area contributed by atoms with Crippen LogP contribution in [0.5, 0.6) is 0 Å². The maximum absolute atomic E-state index is 6.15. The van der Waals surface area contributed by atoms with Gasteiger partial charge >= 0.3 is 0 Å². The third-order valence-electron chi connectivity index (χ3n) is 2.23. The molecule has 0 saturated heterocycles. The quantitative estimate of drug-likeness (QED) is 0.686. The molecule has 1 aromatic heterocycles. The molecule has 0 aliphatic heterocycles. The number of aryl methyl sites for hydroxylation is 1. The molecular formula is C12H10Cl2S. The van der Waals surface area contributed by atoms with Crippen LogP contribution in [0.15, 0.2) is 30.3 Å². The van der Waals surface area contributed by atoms with Gasteiger partial charge in [-0.05, 0) is 24.6 Å². The van der Waals surface area contributed by atoms with E-state index in [9.17, 15) is 0 Å². The summed E-state index contributed by atoms with van der Waals surface area (Å²) in [6.45, 7) is 2.15. The number of thiophene rings is 1. The second-order valence-corrected chi connectivity index (χ2v) is 5.17. The zero-order valence-corrected chi connectivity index (χ0v) is 10.6. The van der Waals surface area contributed by atoms with E-state index in [0.717, 1.165) is 12.0 Å². The average molecular weight is 257 g/mol. The molecular weight excluding hydrogens is 247 g/mol. The first-order valence-corrected chi connectivity index (χ1v) is 6.32. The Morgan fingerprint density at radius 2 is 1.93 bits per heavy atom. The van der Waals surface area contributed by atoms with Gasteiger partial charge in [0.2, 0.25) is 0 Å². The van der Waals surface area contributed by atoms with Gasteiger partial charge in [0.15, 0.2) is 0 Å². The maximum atomic E-state index is 6.15. The van der Waals surface area contributed by atoms with Gasteiger partial charge in [0, 0.05) is 15.3 Å². The molecule has 1 heterocycles. The van der Waals surface area contributed by atoms with Crippen LogP contribution in [0.3, 0.4) is 0 Å². The molecule has 78 valence electrons. The molecule has 0 N–H and O–H groups in total. The van der Waals surface area contributed by atoms with Gasteiger partial charge in [0.25, 0.3) is 0 Å². The van der Waals surface area contributed by atoms with Gasteiger partial charge in [-0.25, -0.2) is 0 Å². The molecule has 0 atom stereocenters. The highest BCUT2D eigenvalue weighted by atomic mass is 35.5. The fraction of sp³-hybridized carbons (Fsp3) is 0.167. The molecule has 0 aliphatic rings. The molecule has 0 bridgehead atoms. The van der Waals surface area contributed by atoms with E-state index in [1.165, 1.54) is 9.75 Å². The van der Waals surface area contributed by atoms with Gasteiger partial charge in [0.05, 0.1) is 10.0 Å². The Morgan fingerprint density at radius 3 is 2.60 bits per heavy atom. The number of hydrogen-bond acceptors (Lipinski definition) is 1. The van der Waals surface area contributed by atoms with Crippen molar-refractivity contribution in [3.63, 3.8) is 0 Å². The zero-order valence-electron chi connectivity index (χ0n) is 8.26. The summed E-state index contributed by atoms with van der Waals surface area (Å²) in [6, 6.07) is 9.97. The number of halogens is 2. The lowest BCUT2D eigenvalue weighted by molar-refractivity contribution is 1.19. The lowest BCUT2D eigenvalue weighted by Crippen LogP contribution is -1.75. The molecule has 0 amide bonds. The fourth-order valence-electron chi connectivity index (χ4n) is 1.41. The summed E-state index contributed by atoms with van der Waals surface area (Å²) in [5.74, 6) is 0. The van der Waals surface area contributed by atoms with E-state index in [0.29, 0.717) is 10.0 Å². The van der Waals surface area contributed by atoms with Gasteiger partial charge in [-0.15, -0.1) is 11.3 Å². The number of benzene rings is 1. The highest BCUT2D eigenvalue weighted by Gasteiger charge is 2.08. The lowest BCUT2D eigenvalue weighted by atomic mass is 10.2. The Hall–Kier alpha value is -0.500. The summed E-state index contributed by atoms with van der Waals surface area (Å²) in [5.41, 5.74) is 1.02. The fourth-order valence-corrected chi connectivity index (χ4v) is 2.84. The van der Waals surface area contributed by atoms with E-state index >= 15 is 0 Å². The van der Waals surface area contributed by atoms with E-state index in [1.54, 1.807) is 11.3 Å². The van der Waals surface area contributed by atoms with Crippen molar-refractivity contribution < 1.29 is 0 Å². The molecule has 0 aliphatic carbocycles. The molecule has 0 unspecified atom stereocenters. The third-order valence-corrected chi connectivity index (χ3v) is 4.31. The van der Waals surface area contributed by atoms with Crippen LogP contribution in [0, 0.1) is 0 Å². The van der Waals surface area contributed by atoms with E-state index in [2.05, 4.69) is 19.1 Å². The van der Waals surface area contributed by atoms with Crippen LogP contribution in [0.4, 0.5) is 0 Å². The maximum Gasteiger partial charge on any atom is 0.0678 e. The van der Waals surface area contributed by atoms with Crippen molar-refractivity contribution in [1.29, 1.82) is 0 Å². The van der Waals surface area contributed by atoms with Gasteiger partial charge in [-0.1, -0.05) is 42.3 Å². The Balaban J connectivity index is 2.49. The van der Waals surface area contributed by atoms with Crippen LogP contribution in [-0.4, -0.2) is 0 Å². The second-order valence-electron chi connectivity index (χ2n) is 3.22. The van der Waals surface area contributed by atoms with Crippen molar-refractivity contribution in [2.24, 2.45) is 0 Å². The second kappa shape index (κ2) is 4.56. The van der Waals surface area contributed by atoms with Crippen molar-refractivity contribution >= 4 is 34.5 Å². The Kier molecular flexibility index (Phi) is 3.35. The minimum absolute atomic E-state index is 0.612. The van der Waals surface area contributed by atoms with Crippen LogP contribution in [0.1, 0.15) is 11.8 Å². The minimum atomic E-state index is 0.612. The van der Waals surface area contributed by atoms with Crippen LogP contribution in [-0.2, 0) is 6.42 Å². The Labute approximate surface area is 103 Å². The molecule has 2 aromatic rings. The monoisotopic (exact) mass is 256 g/mol. The molecule has 2 rings (SSSR count). The molecule has 0 saturated carbocycles. The summed E-state index contributed by atoms with van der Waals surface area (Å²) in [6.07, 6.45) is 1.06. The van der Waals surface area contributed by atoms with Crippen molar-refractivity contribution in [1.82, 2.24) is 0 Å². The molecule has 3 heteroatoms. The highest BCUT2D eigenvalue weighted by molar-refractivity contribution is 7.15. The predicted octanol–water partition coefficient (Wildman–Crippen LogP) is 5.28. The first-order valence-electron chi connectivity index (χ1n) is 4.75. The minimum Gasteiger partial charge on any atom is -0.140 e. The number of rotatable bonds is 2. The number of hydrogen-bond donors (Lipinski definition) is 0. The van der Waals surface area contributed by atoms with Gasteiger partial charge in [-0.3, -0.25) is 0 Å². The van der Waals surface area contributed by atoms with Gasteiger partial charge in [0.1, 0.15) is 0 Å². The SMILES string of the molecule is CCc1ccc(-c2cccc(Cl)c2Cl)s1. The summed E-state index contributed by atoms with van der Waals surface area (Å²) >= 11 is 13.9. The van der Waals surface area contributed by atoms with E-state index in [4.69, 9.17) is 23.2 Å². The van der Waals surface area contributed by atoms with E-state index in [-0.39, 0.29) is 0 Å². The smallest absolute Gasteiger partial charge is 0.0678 e. The van der Waals surface area contributed by atoms with Crippen LogP contribution >= 0.6 is 34.5 Å². The highest BCUT2D eigenvalue weighted by Crippen LogP contribution is 2.36. The third kappa shape index (κ3) is 2.20. The summed E-state index contributed by atoms with van der Waals surface area (Å²) in [5, 5.41) is 1.25. The van der Waals surface area contributed by atoms with E-state index < -0.39 is 0 Å². The van der Waals surface area contributed by atoms with Gasteiger partial charge in [-0.2, -0.15) is 0 Å². The zero-order chi connectivity index (χ0) is 10.8. The molecule has 0 radical (unpaired) electrons.